The second-order valence-corrected chi connectivity index (χ2v) is 5.68. The lowest BCUT2D eigenvalue weighted by molar-refractivity contribution is 0.348. The van der Waals surface area contributed by atoms with Gasteiger partial charge in [0.15, 0.2) is 5.82 Å². The van der Waals surface area contributed by atoms with Gasteiger partial charge in [-0.1, -0.05) is 6.42 Å². The zero-order valence-corrected chi connectivity index (χ0v) is 10.9. The van der Waals surface area contributed by atoms with Crippen LogP contribution in [0.1, 0.15) is 32.6 Å². The third-order valence-electron chi connectivity index (χ3n) is 4.67. The van der Waals surface area contributed by atoms with Gasteiger partial charge in [0.25, 0.3) is 5.56 Å². The van der Waals surface area contributed by atoms with Crippen molar-refractivity contribution in [2.75, 3.05) is 11.9 Å². The fourth-order valence-electron chi connectivity index (χ4n) is 3.67. The number of anilines is 1. The first kappa shape index (κ1) is 11.8. The molecule has 3 rings (SSSR count). The van der Waals surface area contributed by atoms with Crippen LogP contribution in [0.2, 0.25) is 0 Å². The van der Waals surface area contributed by atoms with Gasteiger partial charge in [-0.3, -0.25) is 4.79 Å². The number of nitrogens with one attached hydrogen (secondary N) is 1. The van der Waals surface area contributed by atoms with Crippen LogP contribution in [0.4, 0.5) is 5.82 Å². The van der Waals surface area contributed by atoms with Crippen molar-refractivity contribution in [2.45, 2.75) is 39.2 Å². The molecule has 0 saturated heterocycles. The van der Waals surface area contributed by atoms with Crippen molar-refractivity contribution < 1.29 is 0 Å². The molecule has 2 saturated carbocycles. The van der Waals surface area contributed by atoms with Crippen LogP contribution in [-0.2, 0) is 6.54 Å². The molecule has 4 heteroatoms. The number of aryl methyl sites for hydroxylation is 1. The lowest BCUT2D eigenvalue weighted by atomic mass is 9.89. The summed E-state index contributed by atoms with van der Waals surface area (Å²) in [7, 11) is 0. The molecule has 98 valence electrons. The highest BCUT2D eigenvalue weighted by Gasteiger charge is 2.39. The van der Waals surface area contributed by atoms with E-state index in [1.807, 2.05) is 6.92 Å². The highest BCUT2D eigenvalue weighted by Crippen LogP contribution is 2.48. The maximum Gasteiger partial charge on any atom is 0.293 e. The quantitative estimate of drug-likeness (QED) is 0.886. The monoisotopic (exact) mass is 247 g/mol. The molecular formula is C14H21N3O. The number of hydrogen-bond donors (Lipinski definition) is 1. The number of aromatic nitrogens is 2. The number of fused-ring (bicyclic) bond motifs is 2. The molecule has 18 heavy (non-hydrogen) atoms. The van der Waals surface area contributed by atoms with E-state index < -0.39 is 0 Å². The van der Waals surface area contributed by atoms with E-state index in [0.29, 0.717) is 12.4 Å². The molecule has 1 heterocycles. The first-order valence-electron chi connectivity index (χ1n) is 7.07. The normalized spacial score (nSPS) is 29.7. The molecule has 2 aliphatic rings. The number of hydrogen-bond acceptors (Lipinski definition) is 3. The summed E-state index contributed by atoms with van der Waals surface area (Å²) in [6.45, 7) is 3.59. The van der Waals surface area contributed by atoms with E-state index in [1.54, 1.807) is 17.0 Å². The topological polar surface area (TPSA) is 46.9 Å². The van der Waals surface area contributed by atoms with Crippen molar-refractivity contribution in [3.05, 3.63) is 22.7 Å². The lowest BCUT2D eigenvalue weighted by Crippen LogP contribution is -2.27. The molecular weight excluding hydrogens is 226 g/mol. The third kappa shape index (κ3) is 2.04. The molecule has 0 aromatic carbocycles. The van der Waals surface area contributed by atoms with Crippen LogP contribution in [0.5, 0.6) is 0 Å². The summed E-state index contributed by atoms with van der Waals surface area (Å²) in [6.07, 6.45) is 9.01. The van der Waals surface area contributed by atoms with Gasteiger partial charge in [-0.25, -0.2) is 4.98 Å². The van der Waals surface area contributed by atoms with Gasteiger partial charge < -0.3 is 9.88 Å². The summed E-state index contributed by atoms with van der Waals surface area (Å²) in [5.41, 5.74) is 0.00292. The highest BCUT2D eigenvalue weighted by atomic mass is 16.1. The smallest absolute Gasteiger partial charge is 0.293 e. The van der Waals surface area contributed by atoms with Crippen LogP contribution in [-0.4, -0.2) is 16.1 Å². The Labute approximate surface area is 107 Å². The van der Waals surface area contributed by atoms with Gasteiger partial charge in [0.1, 0.15) is 0 Å². The summed E-state index contributed by atoms with van der Waals surface area (Å²) in [5, 5.41) is 3.27. The summed E-state index contributed by atoms with van der Waals surface area (Å²) < 4.78 is 1.69. The average molecular weight is 247 g/mol. The minimum Gasteiger partial charge on any atom is -0.365 e. The Kier molecular flexibility index (Phi) is 3.10. The molecule has 2 bridgehead atoms. The van der Waals surface area contributed by atoms with Crippen LogP contribution in [0, 0.1) is 17.8 Å². The van der Waals surface area contributed by atoms with Crippen molar-refractivity contribution >= 4 is 5.82 Å². The first-order valence-corrected chi connectivity index (χ1v) is 7.07. The number of rotatable bonds is 4. The van der Waals surface area contributed by atoms with Crippen LogP contribution < -0.4 is 10.9 Å². The van der Waals surface area contributed by atoms with E-state index in [-0.39, 0.29) is 5.56 Å². The molecule has 4 nitrogen and oxygen atoms in total. The van der Waals surface area contributed by atoms with Gasteiger partial charge in [0.05, 0.1) is 0 Å². The minimum absolute atomic E-state index is 0.00292. The van der Waals surface area contributed by atoms with Crippen molar-refractivity contribution in [2.24, 2.45) is 17.8 Å². The minimum atomic E-state index is 0.00292. The second-order valence-electron chi connectivity index (χ2n) is 5.68. The Bertz CT molecular complexity index is 482. The Morgan fingerprint density at radius 2 is 2.33 bits per heavy atom. The predicted octanol–water partition coefficient (Wildman–Crippen LogP) is 2.11. The molecule has 0 spiro atoms. The Balaban J connectivity index is 1.65. The fourth-order valence-corrected chi connectivity index (χ4v) is 3.67. The van der Waals surface area contributed by atoms with Gasteiger partial charge in [-0.05, 0) is 43.9 Å². The van der Waals surface area contributed by atoms with Gasteiger partial charge >= 0.3 is 0 Å². The molecule has 2 fully saturated rings. The molecule has 0 aliphatic heterocycles. The third-order valence-corrected chi connectivity index (χ3v) is 4.67. The maximum atomic E-state index is 12.0. The van der Waals surface area contributed by atoms with Gasteiger partial charge in [-0.2, -0.15) is 0 Å². The zero-order chi connectivity index (χ0) is 12.5. The predicted molar refractivity (Wildman–Crippen MR) is 71.6 cm³/mol. The van der Waals surface area contributed by atoms with E-state index in [1.165, 1.54) is 25.7 Å². The highest BCUT2D eigenvalue weighted by molar-refractivity contribution is 5.30. The summed E-state index contributed by atoms with van der Waals surface area (Å²) in [4.78, 5) is 16.2. The van der Waals surface area contributed by atoms with Gasteiger partial charge in [-0.15, -0.1) is 0 Å². The second kappa shape index (κ2) is 4.75. The lowest BCUT2D eigenvalue weighted by Gasteiger charge is -2.21. The van der Waals surface area contributed by atoms with E-state index >= 15 is 0 Å². The summed E-state index contributed by atoms with van der Waals surface area (Å²) in [5.74, 6) is 3.11. The van der Waals surface area contributed by atoms with E-state index in [2.05, 4.69) is 10.3 Å². The van der Waals surface area contributed by atoms with E-state index in [4.69, 9.17) is 0 Å². The Hall–Kier alpha value is -1.32. The first-order chi connectivity index (χ1) is 8.78. The molecule has 2 aliphatic carbocycles. The Morgan fingerprint density at radius 1 is 1.44 bits per heavy atom. The van der Waals surface area contributed by atoms with Crippen molar-refractivity contribution in [3.8, 4) is 0 Å². The molecule has 1 N–H and O–H groups in total. The van der Waals surface area contributed by atoms with E-state index in [0.717, 1.165) is 24.3 Å². The van der Waals surface area contributed by atoms with Crippen LogP contribution >= 0.6 is 0 Å². The van der Waals surface area contributed by atoms with Gasteiger partial charge in [0, 0.05) is 25.5 Å². The molecule has 0 amide bonds. The average Bonchev–Trinajstić information content (AvgIpc) is 3.00. The number of nitrogens with zero attached hydrogens (tertiary/aromatic N) is 2. The molecule has 1 aromatic rings. The van der Waals surface area contributed by atoms with Gasteiger partial charge in [0.2, 0.25) is 0 Å². The molecule has 1 aromatic heterocycles. The Morgan fingerprint density at radius 3 is 3.00 bits per heavy atom. The standard InChI is InChI=1S/C14H21N3O/c1-2-17-6-5-15-13(14(17)18)16-9-12-8-10-3-4-11(12)7-10/h5-6,10-12H,2-4,7-9H2,1H3,(H,15,16). The summed E-state index contributed by atoms with van der Waals surface area (Å²) >= 11 is 0. The van der Waals surface area contributed by atoms with Crippen molar-refractivity contribution in [1.29, 1.82) is 0 Å². The van der Waals surface area contributed by atoms with Crippen molar-refractivity contribution in [3.63, 3.8) is 0 Å². The molecule has 3 unspecified atom stereocenters. The van der Waals surface area contributed by atoms with E-state index in [9.17, 15) is 4.79 Å². The molecule has 0 radical (unpaired) electrons. The fraction of sp³-hybridized carbons (Fsp3) is 0.714. The molecule has 3 atom stereocenters. The van der Waals surface area contributed by atoms with Crippen LogP contribution in [0.25, 0.3) is 0 Å². The van der Waals surface area contributed by atoms with Crippen LogP contribution in [0.3, 0.4) is 0 Å². The summed E-state index contributed by atoms with van der Waals surface area (Å²) in [6, 6.07) is 0. The van der Waals surface area contributed by atoms with Crippen molar-refractivity contribution in [1.82, 2.24) is 9.55 Å². The van der Waals surface area contributed by atoms with Crippen LogP contribution in [0.15, 0.2) is 17.2 Å². The largest absolute Gasteiger partial charge is 0.365 e. The maximum absolute atomic E-state index is 12.0. The SMILES string of the molecule is CCn1ccnc(NCC2CC3CCC2C3)c1=O. The zero-order valence-electron chi connectivity index (χ0n) is 10.9.